The number of ether oxygens (including phenoxy) is 1. The van der Waals surface area contributed by atoms with Crippen LogP contribution in [0.1, 0.15) is 18.6 Å². The summed E-state index contributed by atoms with van der Waals surface area (Å²) < 4.78 is 6.66. The SMILES string of the molecule is COc1cccc(Sc2n[nH]c(=O)n2C)c1[C@H](C)O. The lowest BCUT2D eigenvalue weighted by Gasteiger charge is -2.15. The van der Waals surface area contributed by atoms with Crippen LogP contribution in [0.2, 0.25) is 0 Å². The average Bonchev–Trinajstić information content (AvgIpc) is 2.70. The molecule has 1 atom stereocenters. The summed E-state index contributed by atoms with van der Waals surface area (Å²) in [5.74, 6) is 0.612. The second kappa shape index (κ2) is 5.50. The van der Waals surface area contributed by atoms with Crippen LogP contribution in [0.3, 0.4) is 0 Å². The van der Waals surface area contributed by atoms with Gasteiger partial charge in [-0.2, -0.15) is 0 Å². The van der Waals surface area contributed by atoms with Gasteiger partial charge in [0.1, 0.15) is 5.75 Å². The number of H-pyrrole nitrogens is 1. The van der Waals surface area contributed by atoms with E-state index in [4.69, 9.17) is 4.74 Å². The van der Waals surface area contributed by atoms with Crippen molar-refractivity contribution in [3.05, 3.63) is 34.2 Å². The van der Waals surface area contributed by atoms with E-state index >= 15 is 0 Å². The number of nitrogens with one attached hydrogen (secondary N) is 1. The Morgan fingerprint density at radius 1 is 1.53 bits per heavy atom. The highest BCUT2D eigenvalue weighted by Gasteiger charge is 2.17. The maximum atomic E-state index is 11.3. The van der Waals surface area contributed by atoms with Crippen LogP contribution < -0.4 is 10.4 Å². The van der Waals surface area contributed by atoms with Crippen molar-refractivity contribution in [2.24, 2.45) is 7.05 Å². The van der Waals surface area contributed by atoms with Crippen LogP contribution in [-0.4, -0.2) is 27.0 Å². The van der Waals surface area contributed by atoms with Crippen LogP contribution >= 0.6 is 11.8 Å². The van der Waals surface area contributed by atoms with Gasteiger partial charge in [0.2, 0.25) is 0 Å². The highest BCUT2D eigenvalue weighted by Crippen LogP contribution is 2.37. The van der Waals surface area contributed by atoms with Crippen molar-refractivity contribution in [2.45, 2.75) is 23.1 Å². The summed E-state index contributed by atoms with van der Waals surface area (Å²) in [7, 11) is 3.19. The molecule has 0 saturated carbocycles. The number of aromatic nitrogens is 3. The van der Waals surface area contributed by atoms with Crippen LogP contribution in [0.15, 0.2) is 33.0 Å². The number of aliphatic hydroxyl groups is 1. The van der Waals surface area contributed by atoms with Crippen molar-refractivity contribution in [2.75, 3.05) is 7.11 Å². The molecule has 2 rings (SSSR count). The van der Waals surface area contributed by atoms with Gasteiger partial charge in [0, 0.05) is 17.5 Å². The molecule has 102 valence electrons. The van der Waals surface area contributed by atoms with Crippen molar-refractivity contribution in [3.8, 4) is 5.75 Å². The topological polar surface area (TPSA) is 80.1 Å². The molecule has 0 amide bonds. The standard InChI is InChI=1S/C12H15N3O3S/c1-7(16)10-8(18-3)5-4-6-9(10)19-12-14-13-11(17)15(12)2/h4-7,16H,1-3H3,(H,13,17)/t7-/m0/s1. The molecule has 0 unspecified atom stereocenters. The first-order valence-electron chi connectivity index (χ1n) is 5.68. The lowest BCUT2D eigenvalue weighted by atomic mass is 10.1. The van der Waals surface area contributed by atoms with Crippen molar-refractivity contribution in [3.63, 3.8) is 0 Å². The fourth-order valence-corrected chi connectivity index (χ4v) is 2.76. The Balaban J connectivity index is 2.45. The molecule has 0 radical (unpaired) electrons. The predicted molar refractivity (Wildman–Crippen MR) is 71.6 cm³/mol. The van der Waals surface area contributed by atoms with Gasteiger partial charge < -0.3 is 9.84 Å². The number of hydrogen-bond acceptors (Lipinski definition) is 5. The van der Waals surface area contributed by atoms with E-state index in [1.165, 1.54) is 16.3 Å². The van der Waals surface area contributed by atoms with Gasteiger partial charge in [-0.3, -0.25) is 4.57 Å². The van der Waals surface area contributed by atoms with Gasteiger partial charge >= 0.3 is 5.69 Å². The largest absolute Gasteiger partial charge is 0.496 e. The zero-order chi connectivity index (χ0) is 14.0. The van der Waals surface area contributed by atoms with Gasteiger partial charge in [-0.15, -0.1) is 5.10 Å². The number of benzene rings is 1. The van der Waals surface area contributed by atoms with Crippen molar-refractivity contribution in [1.82, 2.24) is 14.8 Å². The van der Waals surface area contributed by atoms with Crippen LogP contribution in [0.25, 0.3) is 0 Å². The van der Waals surface area contributed by atoms with Crippen molar-refractivity contribution >= 4 is 11.8 Å². The first kappa shape index (κ1) is 13.7. The van der Waals surface area contributed by atoms with Gasteiger partial charge in [-0.05, 0) is 30.8 Å². The molecule has 1 aromatic carbocycles. The van der Waals surface area contributed by atoms with Crippen LogP contribution in [0.5, 0.6) is 5.75 Å². The normalized spacial score (nSPS) is 12.4. The first-order valence-corrected chi connectivity index (χ1v) is 6.50. The summed E-state index contributed by atoms with van der Waals surface area (Å²) in [6.45, 7) is 1.67. The van der Waals surface area contributed by atoms with Crippen LogP contribution in [0.4, 0.5) is 0 Å². The van der Waals surface area contributed by atoms with E-state index in [1.54, 1.807) is 27.1 Å². The zero-order valence-electron chi connectivity index (χ0n) is 10.9. The van der Waals surface area contributed by atoms with Crippen molar-refractivity contribution in [1.29, 1.82) is 0 Å². The maximum absolute atomic E-state index is 11.3. The Bertz CT molecular complexity index is 633. The van der Waals surface area contributed by atoms with Gasteiger partial charge in [0.15, 0.2) is 5.16 Å². The van der Waals surface area contributed by atoms with E-state index in [9.17, 15) is 9.90 Å². The number of nitrogens with zero attached hydrogens (tertiary/aromatic N) is 2. The first-order chi connectivity index (χ1) is 9.04. The second-order valence-electron chi connectivity index (χ2n) is 4.02. The lowest BCUT2D eigenvalue weighted by molar-refractivity contribution is 0.191. The number of methoxy groups -OCH3 is 1. The molecule has 0 aliphatic rings. The van der Waals surface area contributed by atoms with Crippen molar-refractivity contribution < 1.29 is 9.84 Å². The molecular weight excluding hydrogens is 266 g/mol. The molecule has 2 aromatic rings. The van der Waals surface area contributed by atoms with E-state index < -0.39 is 6.10 Å². The Morgan fingerprint density at radius 2 is 2.26 bits per heavy atom. The molecule has 0 aliphatic carbocycles. The van der Waals surface area contributed by atoms with Gasteiger partial charge in [-0.25, -0.2) is 9.89 Å². The molecule has 0 bridgehead atoms. The monoisotopic (exact) mass is 281 g/mol. The Hall–Kier alpha value is -1.73. The van der Waals surface area contributed by atoms with E-state index in [1.807, 2.05) is 12.1 Å². The van der Waals surface area contributed by atoms with Crippen LogP contribution in [0, 0.1) is 0 Å². The summed E-state index contributed by atoms with van der Waals surface area (Å²) in [4.78, 5) is 12.1. The minimum atomic E-state index is -0.672. The maximum Gasteiger partial charge on any atom is 0.343 e. The minimum absolute atomic E-state index is 0.274. The van der Waals surface area contributed by atoms with E-state index in [-0.39, 0.29) is 5.69 Å². The van der Waals surface area contributed by atoms with Crippen LogP contribution in [-0.2, 0) is 7.05 Å². The van der Waals surface area contributed by atoms with E-state index in [2.05, 4.69) is 10.2 Å². The Labute approximate surface area is 114 Å². The van der Waals surface area contributed by atoms with Gasteiger partial charge in [0.25, 0.3) is 0 Å². The number of aliphatic hydroxyl groups excluding tert-OH is 1. The molecule has 1 aromatic heterocycles. The van der Waals surface area contributed by atoms with E-state index in [0.29, 0.717) is 16.5 Å². The third-order valence-corrected chi connectivity index (χ3v) is 3.83. The molecule has 7 heteroatoms. The summed E-state index contributed by atoms with van der Waals surface area (Å²) >= 11 is 1.30. The number of hydrogen-bond donors (Lipinski definition) is 2. The number of rotatable bonds is 4. The highest BCUT2D eigenvalue weighted by molar-refractivity contribution is 7.99. The minimum Gasteiger partial charge on any atom is -0.496 e. The van der Waals surface area contributed by atoms with Gasteiger partial charge in [-0.1, -0.05) is 6.07 Å². The molecule has 0 saturated heterocycles. The fraction of sp³-hybridized carbons (Fsp3) is 0.333. The quantitative estimate of drug-likeness (QED) is 0.883. The molecule has 19 heavy (non-hydrogen) atoms. The summed E-state index contributed by atoms with van der Waals surface area (Å²) in [5.41, 5.74) is 0.412. The highest BCUT2D eigenvalue weighted by atomic mass is 32.2. The molecule has 0 aliphatic heterocycles. The summed E-state index contributed by atoms with van der Waals surface area (Å²) in [5, 5.41) is 16.7. The smallest absolute Gasteiger partial charge is 0.343 e. The Morgan fingerprint density at radius 3 is 2.79 bits per heavy atom. The third kappa shape index (κ3) is 2.66. The van der Waals surface area contributed by atoms with Gasteiger partial charge in [0.05, 0.1) is 13.2 Å². The molecule has 1 heterocycles. The Kier molecular flexibility index (Phi) is 3.96. The molecule has 0 fully saturated rings. The molecular formula is C12H15N3O3S. The molecule has 6 nitrogen and oxygen atoms in total. The molecule has 0 spiro atoms. The average molecular weight is 281 g/mol. The number of aromatic amines is 1. The predicted octanol–water partition coefficient (Wildman–Crippen LogP) is 1.32. The fourth-order valence-electron chi connectivity index (χ4n) is 1.72. The summed E-state index contributed by atoms with van der Waals surface area (Å²) in [6.07, 6.45) is -0.672. The zero-order valence-corrected chi connectivity index (χ0v) is 11.7. The molecule has 2 N–H and O–H groups in total. The van der Waals surface area contributed by atoms with E-state index in [0.717, 1.165) is 4.90 Å². The summed E-state index contributed by atoms with van der Waals surface area (Å²) in [6, 6.07) is 5.47. The second-order valence-corrected chi connectivity index (χ2v) is 5.03. The lowest BCUT2D eigenvalue weighted by Crippen LogP contribution is -2.12. The third-order valence-electron chi connectivity index (χ3n) is 2.70.